The number of nitrogens with one attached hydrogen (secondary N) is 2. The monoisotopic (exact) mass is 338 g/mol. The minimum atomic E-state index is -3.18. The normalized spacial score (nSPS) is 20.9. The maximum absolute atomic E-state index is 11.8. The van der Waals surface area contributed by atoms with Crippen LogP contribution in [-0.2, 0) is 16.6 Å². The van der Waals surface area contributed by atoms with Gasteiger partial charge in [0.2, 0.25) is 10.0 Å². The third-order valence-corrected chi connectivity index (χ3v) is 5.79. The van der Waals surface area contributed by atoms with Gasteiger partial charge >= 0.3 is 0 Å². The SMILES string of the molecule is O=S(=O)(CC1CCCN1)NCc1cc(Br)cs1. The molecule has 0 aromatic carbocycles. The third kappa shape index (κ3) is 4.33. The fourth-order valence-corrected chi connectivity index (χ4v) is 4.64. The quantitative estimate of drug-likeness (QED) is 0.858. The predicted octanol–water partition coefficient (Wildman–Crippen LogP) is 1.68. The lowest BCUT2D eigenvalue weighted by Gasteiger charge is -2.11. The molecule has 1 aliphatic rings. The summed E-state index contributed by atoms with van der Waals surface area (Å²) in [6.45, 7) is 1.31. The fourth-order valence-electron chi connectivity index (χ4n) is 1.85. The van der Waals surface area contributed by atoms with Crippen molar-refractivity contribution in [1.29, 1.82) is 0 Å². The van der Waals surface area contributed by atoms with Crippen LogP contribution in [0.3, 0.4) is 0 Å². The molecule has 1 unspecified atom stereocenters. The summed E-state index contributed by atoms with van der Waals surface area (Å²) in [6.07, 6.45) is 2.02. The molecule has 1 aliphatic heterocycles. The first-order valence-corrected chi connectivity index (χ1v) is 8.81. The lowest BCUT2D eigenvalue weighted by Crippen LogP contribution is -2.36. The zero-order valence-electron chi connectivity index (χ0n) is 9.28. The van der Waals surface area contributed by atoms with Gasteiger partial charge in [0.05, 0.1) is 5.75 Å². The molecule has 2 heterocycles. The van der Waals surface area contributed by atoms with Crippen LogP contribution in [0, 0.1) is 0 Å². The largest absolute Gasteiger partial charge is 0.313 e. The Bertz CT molecular complexity index is 466. The predicted molar refractivity (Wildman–Crippen MR) is 73.7 cm³/mol. The van der Waals surface area contributed by atoms with Gasteiger partial charge < -0.3 is 5.32 Å². The van der Waals surface area contributed by atoms with Crippen LogP contribution in [0.25, 0.3) is 0 Å². The first-order valence-electron chi connectivity index (χ1n) is 5.49. The summed E-state index contributed by atoms with van der Waals surface area (Å²) in [5.74, 6) is 0.180. The molecule has 1 aromatic heterocycles. The second kappa shape index (κ2) is 5.79. The van der Waals surface area contributed by atoms with Gasteiger partial charge in [-0.1, -0.05) is 0 Å². The van der Waals surface area contributed by atoms with Gasteiger partial charge in [-0.25, -0.2) is 13.1 Å². The molecule has 4 nitrogen and oxygen atoms in total. The van der Waals surface area contributed by atoms with Crippen LogP contribution >= 0.6 is 27.3 Å². The zero-order chi connectivity index (χ0) is 12.3. The van der Waals surface area contributed by atoms with Gasteiger partial charge in [-0.05, 0) is 41.4 Å². The van der Waals surface area contributed by atoms with E-state index in [2.05, 4.69) is 26.0 Å². The molecular weight excluding hydrogens is 324 g/mol. The first-order chi connectivity index (χ1) is 8.05. The highest BCUT2D eigenvalue weighted by Gasteiger charge is 2.21. The molecule has 7 heteroatoms. The summed E-state index contributed by atoms with van der Waals surface area (Å²) < 4.78 is 27.2. The van der Waals surface area contributed by atoms with E-state index < -0.39 is 10.0 Å². The van der Waals surface area contributed by atoms with Crippen LogP contribution in [0.4, 0.5) is 0 Å². The molecular formula is C10H15BrN2O2S2. The summed E-state index contributed by atoms with van der Waals surface area (Å²) in [4.78, 5) is 1.01. The average Bonchev–Trinajstić information content (AvgIpc) is 2.86. The van der Waals surface area contributed by atoms with Crippen LogP contribution in [0.1, 0.15) is 17.7 Å². The highest BCUT2D eigenvalue weighted by Crippen LogP contribution is 2.19. The lowest BCUT2D eigenvalue weighted by molar-refractivity contribution is 0.564. The van der Waals surface area contributed by atoms with E-state index in [1.54, 1.807) is 11.3 Å². The molecule has 0 saturated carbocycles. The standard InChI is InChI=1S/C10H15BrN2O2S2/c11-8-4-10(16-6-8)5-13-17(14,15)7-9-2-1-3-12-9/h4,6,9,12-13H,1-3,5,7H2. The van der Waals surface area contributed by atoms with E-state index in [0.717, 1.165) is 28.7 Å². The fraction of sp³-hybridized carbons (Fsp3) is 0.600. The van der Waals surface area contributed by atoms with Gasteiger partial charge in [0.15, 0.2) is 0 Å². The van der Waals surface area contributed by atoms with Gasteiger partial charge in [0, 0.05) is 27.3 Å². The van der Waals surface area contributed by atoms with Crippen molar-refractivity contribution >= 4 is 37.3 Å². The maximum atomic E-state index is 11.8. The zero-order valence-corrected chi connectivity index (χ0v) is 12.5. The molecule has 1 fully saturated rings. The Morgan fingerprint density at radius 1 is 1.59 bits per heavy atom. The average molecular weight is 339 g/mol. The second-order valence-corrected chi connectivity index (χ2v) is 7.89. The number of thiophene rings is 1. The van der Waals surface area contributed by atoms with E-state index in [0.29, 0.717) is 6.54 Å². The Kier molecular flexibility index (Phi) is 4.59. The molecule has 17 heavy (non-hydrogen) atoms. The number of halogens is 1. The Hall–Kier alpha value is 0.0500. The van der Waals surface area contributed by atoms with Gasteiger partial charge in [0.25, 0.3) is 0 Å². The van der Waals surface area contributed by atoms with Gasteiger partial charge in [0.1, 0.15) is 0 Å². The van der Waals surface area contributed by atoms with E-state index in [1.807, 2.05) is 11.4 Å². The molecule has 0 bridgehead atoms. The van der Waals surface area contributed by atoms with E-state index in [4.69, 9.17) is 0 Å². The topological polar surface area (TPSA) is 58.2 Å². The first kappa shape index (κ1) is 13.5. The summed E-state index contributed by atoms with van der Waals surface area (Å²) in [5, 5.41) is 5.14. The van der Waals surface area contributed by atoms with E-state index in [1.165, 1.54) is 0 Å². The maximum Gasteiger partial charge on any atom is 0.213 e. The number of hydrogen-bond donors (Lipinski definition) is 2. The molecule has 96 valence electrons. The molecule has 0 amide bonds. The number of hydrogen-bond acceptors (Lipinski definition) is 4. The van der Waals surface area contributed by atoms with Crippen molar-refractivity contribution in [2.75, 3.05) is 12.3 Å². The second-order valence-electron chi connectivity index (χ2n) is 4.13. The minimum absolute atomic E-state index is 0.113. The van der Waals surface area contributed by atoms with Gasteiger partial charge in [-0.3, -0.25) is 0 Å². The van der Waals surface area contributed by atoms with Gasteiger partial charge in [-0.15, -0.1) is 11.3 Å². The van der Waals surface area contributed by atoms with Crippen LogP contribution < -0.4 is 10.0 Å². The highest BCUT2D eigenvalue weighted by atomic mass is 79.9. The van der Waals surface area contributed by atoms with Crippen molar-refractivity contribution in [3.05, 3.63) is 20.8 Å². The molecule has 0 aliphatic carbocycles. The Morgan fingerprint density at radius 3 is 3.00 bits per heavy atom. The van der Waals surface area contributed by atoms with Crippen LogP contribution in [0.5, 0.6) is 0 Å². The summed E-state index contributed by atoms with van der Waals surface area (Å²) in [7, 11) is -3.18. The Balaban J connectivity index is 1.84. The van der Waals surface area contributed by atoms with Crippen molar-refractivity contribution in [3.8, 4) is 0 Å². The lowest BCUT2D eigenvalue weighted by atomic mass is 10.3. The summed E-state index contributed by atoms with van der Waals surface area (Å²) in [5.41, 5.74) is 0. The van der Waals surface area contributed by atoms with Crippen LogP contribution in [0.2, 0.25) is 0 Å². The van der Waals surface area contributed by atoms with Crippen molar-refractivity contribution in [2.45, 2.75) is 25.4 Å². The number of rotatable bonds is 5. The molecule has 2 N–H and O–H groups in total. The van der Waals surface area contributed by atoms with E-state index in [-0.39, 0.29) is 11.8 Å². The third-order valence-electron chi connectivity index (χ3n) is 2.67. The molecule has 0 radical (unpaired) electrons. The van der Waals surface area contributed by atoms with Crippen LogP contribution in [-0.4, -0.2) is 26.8 Å². The minimum Gasteiger partial charge on any atom is -0.313 e. The Morgan fingerprint density at radius 2 is 2.41 bits per heavy atom. The summed E-state index contributed by atoms with van der Waals surface area (Å²) in [6, 6.07) is 2.05. The smallest absolute Gasteiger partial charge is 0.213 e. The van der Waals surface area contributed by atoms with Crippen molar-refractivity contribution in [3.63, 3.8) is 0 Å². The molecule has 0 spiro atoms. The Labute approximate surface area is 114 Å². The van der Waals surface area contributed by atoms with Crippen LogP contribution in [0.15, 0.2) is 15.9 Å². The molecule has 1 saturated heterocycles. The van der Waals surface area contributed by atoms with Crippen molar-refractivity contribution < 1.29 is 8.42 Å². The van der Waals surface area contributed by atoms with Gasteiger partial charge in [-0.2, -0.15) is 0 Å². The molecule has 1 aromatic rings. The summed E-state index contributed by atoms with van der Waals surface area (Å²) >= 11 is 4.89. The van der Waals surface area contributed by atoms with Crippen molar-refractivity contribution in [1.82, 2.24) is 10.0 Å². The van der Waals surface area contributed by atoms with E-state index in [9.17, 15) is 8.42 Å². The highest BCUT2D eigenvalue weighted by molar-refractivity contribution is 9.10. The number of sulfonamides is 1. The molecule has 2 rings (SSSR count). The molecule has 1 atom stereocenters. The van der Waals surface area contributed by atoms with Crippen molar-refractivity contribution in [2.24, 2.45) is 0 Å². The van der Waals surface area contributed by atoms with E-state index >= 15 is 0 Å².